The molecular weight excluding hydrogens is 252 g/mol. The first-order chi connectivity index (χ1) is 8.70. The van der Waals surface area contributed by atoms with Crippen LogP contribution in [0.5, 0.6) is 0 Å². The molecule has 1 saturated heterocycles. The predicted octanol–water partition coefficient (Wildman–Crippen LogP) is 1.94. The number of hydrogen-bond donors (Lipinski definition) is 0. The van der Waals surface area contributed by atoms with Gasteiger partial charge in [0.15, 0.2) is 10.8 Å². The van der Waals surface area contributed by atoms with Crippen LogP contribution in [0.2, 0.25) is 0 Å². The number of hydrogen-bond acceptors (Lipinski definition) is 6. The van der Waals surface area contributed by atoms with Gasteiger partial charge in [-0.15, -0.1) is 11.3 Å². The maximum atomic E-state index is 11.5. The second kappa shape index (κ2) is 6.15. The highest BCUT2D eigenvalue weighted by atomic mass is 32.1. The SMILES string of the molecule is CCOC(=O)c1csc(N(C)CC2CCCO2)n1. The average Bonchev–Trinajstić information content (AvgIpc) is 2.99. The second-order valence-corrected chi connectivity index (χ2v) is 5.09. The van der Waals surface area contributed by atoms with Gasteiger partial charge in [-0.1, -0.05) is 0 Å². The Balaban J connectivity index is 1.93. The molecule has 1 unspecified atom stereocenters. The lowest BCUT2D eigenvalue weighted by molar-refractivity contribution is 0.0520. The normalized spacial score (nSPS) is 18.9. The van der Waals surface area contributed by atoms with Crippen LogP contribution >= 0.6 is 11.3 Å². The van der Waals surface area contributed by atoms with E-state index in [0.29, 0.717) is 12.3 Å². The molecule has 0 radical (unpaired) electrons. The summed E-state index contributed by atoms with van der Waals surface area (Å²) < 4.78 is 10.5. The van der Waals surface area contributed by atoms with E-state index in [9.17, 15) is 4.79 Å². The van der Waals surface area contributed by atoms with Crippen molar-refractivity contribution >= 4 is 22.4 Å². The molecule has 0 N–H and O–H groups in total. The lowest BCUT2D eigenvalue weighted by atomic mass is 10.2. The van der Waals surface area contributed by atoms with Crippen molar-refractivity contribution in [3.05, 3.63) is 11.1 Å². The molecule has 5 nitrogen and oxygen atoms in total. The summed E-state index contributed by atoms with van der Waals surface area (Å²) in [5, 5.41) is 2.56. The van der Waals surface area contributed by atoms with E-state index in [1.807, 2.05) is 11.9 Å². The Labute approximate surface area is 111 Å². The molecule has 6 heteroatoms. The first-order valence-electron chi connectivity index (χ1n) is 6.16. The number of carbonyl (C=O) groups excluding carboxylic acids is 1. The van der Waals surface area contributed by atoms with E-state index in [0.717, 1.165) is 31.1 Å². The van der Waals surface area contributed by atoms with Gasteiger partial charge in [-0.25, -0.2) is 9.78 Å². The summed E-state index contributed by atoms with van der Waals surface area (Å²) in [5.74, 6) is -0.356. The number of thiazole rings is 1. The number of nitrogens with zero attached hydrogens (tertiary/aromatic N) is 2. The zero-order chi connectivity index (χ0) is 13.0. The predicted molar refractivity (Wildman–Crippen MR) is 70.3 cm³/mol. The highest BCUT2D eigenvalue weighted by Crippen LogP contribution is 2.22. The first kappa shape index (κ1) is 13.3. The van der Waals surface area contributed by atoms with Crippen LogP contribution in [-0.2, 0) is 9.47 Å². The van der Waals surface area contributed by atoms with Crippen LogP contribution in [0.3, 0.4) is 0 Å². The van der Waals surface area contributed by atoms with Crippen LogP contribution < -0.4 is 4.90 Å². The summed E-state index contributed by atoms with van der Waals surface area (Å²) in [4.78, 5) is 17.8. The maximum absolute atomic E-state index is 11.5. The molecule has 0 saturated carbocycles. The molecule has 0 amide bonds. The third kappa shape index (κ3) is 3.20. The number of esters is 1. The van der Waals surface area contributed by atoms with Crippen LogP contribution in [0, 0.1) is 0 Å². The highest BCUT2D eigenvalue weighted by Gasteiger charge is 2.20. The van der Waals surface area contributed by atoms with E-state index < -0.39 is 0 Å². The molecule has 0 aromatic carbocycles. The Morgan fingerprint density at radius 2 is 2.56 bits per heavy atom. The van der Waals surface area contributed by atoms with E-state index in [-0.39, 0.29) is 12.1 Å². The van der Waals surface area contributed by atoms with Crippen molar-refractivity contribution in [1.29, 1.82) is 0 Å². The largest absolute Gasteiger partial charge is 0.461 e. The molecule has 1 atom stereocenters. The molecule has 2 heterocycles. The number of likely N-dealkylation sites (N-methyl/N-ethyl adjacent to an activating group) is 1. The van der Waals surface area contributed by atoms with Crippen molar-refractivity contribution in [2.75, 3.05) is 31.7 Å². The van der Waals surface area contributed by atoms with Gasteiger partial charge in [-0.05, 0) is 19.8 Å². The molecule has 1 fully saturated rings. The number of anilines is 1. The molecular formula is C12H18N2O3S. The number of carbonyl (C=O) groups is 1. The van der Waals surface area contributed by atoms with Crippen molar-refractivity contribution in [2.24, 2.45) is 0 Å². The van der Waals surface area contributed by atoms with Crippen molar-refractivity contribution in [3.63, 3.8) is 0 Å². The Morgan fingerprint density at radius 1 is 1.72 bits per heavy atom. The topological polar surface area (TPSA) is 51.7 Å². The fourth-order valence-electron chi connectivity index (χ4n) is 1.91. The fraction of sp³-hybridized carbons (Fsp3) is 0.667. The third-order valence-electron chi connectivity index (χ3n) is 2.80. The smallest absolute Gasteiger partial charge is 0.357 e. The van der Waals surface area contributed by atoms with E-state index in [2.05, 4.69) is 4.98 Å². The van der Waals surface area contributed by atoms with Crippen LogP contribution in [0.1, 0.15) is 30.3 Å². The van der Waals surface area contributed by atoms with Gasteiger partial charge < -0.3 is 14.4 Å². The lowest BCUT2D eigenvalue weighted by Crippen LogP contribution is -2.28. The van der Waals surface area contributed by atoms with Gasteiger partial charge in [0.1, 0.15) is 0 Å². The minimum Gasteiger partial charge on any atom is -0.461 e. The lowest BCUT2D eigenvalue weighted by Gasteiger charge is -2.19. The standard InChI is InChI=1S/C12H18N2O3S/c1-3-16-11(15)10-8-18-12(13-10)14(2)7-9-5-4-6-17-9/h8-9H,3-7H2,1-2H3. The number of rotatable bonds is 5. The van der Waals surface area contributed by atoms with Gasteiger partial charge in [0.05, 0.1) is 12.7 Å². The monoisotopic (exact) mass is 270 g/mol. The molecule has 1 aromatic heterocycles. The number of ether oxygens (including phenoxy) is 2. The molecule has 0 bridgehead atoms. The summed E-state index contributed by atoms with van der Waals surface area (Å²) >= 11 is 1.45. The van der Waals surface area contributed by atoms with Crippen molar-refractivity contribution in [3.8, 4) is 0 Å². The van der Waals surface area contributed by atoms with E-state index in [1.54, 1.807) is 12.3 Å². The van der Waals surface area contributed by atoms with Crippen molar-refractivity contribution < 1.29 is 14.3 Å². The minimum absolute atomic E-state index is 0.282. The highest BCUT2D eigenvalue weighted by molar-refractivity contribution is 7.13. The number of aromatic nitrogens is 1. The molecule has 18 heavy (non-hydrogen) atoms. The summed E-state index contributed by atoms with van der Waals surface area (Å²) in [6.07, 6.45) is 2.51. The average molecular weight is 270 g/mol. The molecule has 2 rings (SSSR count). The molecule has 0 spiro atoms. The van der Waals surface area contributed by atoms with Crippen molar-refractivity contribution in [1.82, 2.24) is 4.98 Å². The van der Waals surface area contributed by atoms with Crippen LogP contribution in [0.4, 0.5) is 5.13 Å². The third-order valence-corrected chi connectivity index (χ3v) is 3.76. The molecule has 100 valence electrons. The molecule has 0 aliphatic carbocycles. The zero-order valence-corrected chi connectivity index (χ0v) is 11.5. The van der Waals surface area contributed by atoms with E-state index >= 15 is 0 Å². The Kier molecular flexibility index (Phi) is 4.54. The maximum Gasteiger partial charge on any atom is 0.357 e. The van der Waals surface area contributed by atoms with Crippen LogP contribution in [0.15, 0.2) is 5.38 Å². The summed E-state index contributed by atoms with van der Waals surface area (Å²) in [6, 6.07) is 0. The minimum atomic E-state index is -0.356. The van der Waals surface area contributed by atoms with Gasteiger partial charge in [-0.3, -0.25) is 0 Å². The Hall–Kier alpha value is -1.14. The van der Waals surface area contributed by atoms with E-state index in [1.165, 1.54) is 11.3 Å². The second-order valence-electron chi connectivity index (χ2n) is 4.25. The van der Waals surface area contributed by atoms with Crippen LogP contribution in [0.25, 0.3) is 0 Å². The summed E-state index contributed by atoms with van der Waals surface area (Å²) in [5.41, 5.74) is 0.385. The van der Waals surface area contributed by atoms with Gasteiger partial charge >= 0.3 is 5.97 Å². The van der Waals surface area contributed by atoms with Crippen molar-refractivity contribution in [2.45, 2.75) is 25.9 Å². The fourth-order valence-corrected chi connectivity index (χ4v) is 2.68. The van der Waals surface area contributed by atoms with Gasteiger partial charge in [0.2, 0.25) is 0 Å². The van der Waals surface area contributed by atoms with Gasteiger partial charge in [-0.2, -0.15) is 0 Å². The molecule has 1 aromatic rings. The van der Waals surface area contributed by atoms with Gasteiger partial charge in [0.25, 0.3) is 0 Å². The first-order valence-corrected chi connectivity index (χ1v) is 7.04. The quantitative estimate of drug-likeness (QED) is 0.765. The van der Waals surface area contributed by atoms with E-state index in [4.69, 9.17) is 9.47 Å². The Morgan fingerprint density at radius 3 is 3.22 bits per heavy atom. The Bertz CT molecular complexity index is 402. The van der Waals surface area contributed by atoms with Crippen LogP contribution in [-0.4, -0.2) is 43.9 Å². The van der Waals surface area contributed by atoms with Gasteiger partial charge in [0, 0.05) is 25.6 Å². The molecule has 1 aliphatic rings. The zero-order valence-electron chi connectivity index (χ0n) is 10.7. The summed E-state index contributed by atoms with van der Waals surface area (Å²) in [6.45, 7) is 3.83. The molecule has 1 aliphatic heterocycles. The summed E-state index contributed by atoms with van der Waals surface area (Å²) in [7, 11) is 1.97.